The summed E-state index contributed by atoms with van der Waals surface area (Å²) in [5.74, 6) is 1.88. The number of rotatable bonds is 7. The fourth-order valence-corrected chi connectivity index (χ4v) is 2.14. The van der Waals surface area contributed by atoms with Gasteiger partial charge in [0.2, 0.25) is 0 Å². The molecule has 1 N–H and O–H groups in total. The van der Waals surface area contributed by atoms with Crippen LogP contribution in [-0.4, -0.2) is 26.3 Å². The van der Waals surface area contributed by atoms with Gasteiger partial charge >= 0.3 is 0 Å². The van der Waals surface area contributed by atoms with Crippen LogP contribution < -0.4 is 5.32 Å². The SMILES string of the molecule is CCc1nc(CC)n(CCC(C)(C#N)NC(C)C)n1. The molecule has 0 saturated heterocycles. The maximum Gasteiger partial charge on any atom is 0.150 e. The molecule has 0 amide bonds. The lowest BCUT2D eigenvalue weighted by molar-refractivity contribution is 0.352. The highest BCUT2D eigenvalue weighted by molar-refractivity contribution is 5.04. The van der Waals surface area contributed by atoms with Crippen LogP contribution in [0.2, 0.25) is 0 Å². The summed E-state index contributed by atoms with van der Waals surface area (Å²) in [4.78, 5) is 4.48. The standard InChI is InChI=1S/C14H25N5/c1-6-12-16-13(7-2)19(18-12)9-8-14(5,10-15)17-11(3)4/h11,17H,6-9H2,1-5H3. The predicted molar refractivity (Wildman–Crippen MR) is 75.7 cm³/mol. The molecule has 1 unspecified atom stereocenters. The monoisotopic (exact) mass is 263 g/mol. The van der Waals surface area contributed by atoms with E-state index in [1.54, 1.807) is 0 Å². The van der Waals surface area contributed by atoms with Gasteiger partial charge in [-0.25, -0.2) is 9.67 Å². The molecule has 0 bridgehead atoms. The van der Waals surface area contributed by atoms with Crippen LogP contribution >= 0.6 is 0 Å². The summed E-state index contributed by atoms with van der Waals surface area (Å²) < 4.78 is 1.94. The largest absolute Gasteiger partial charge is 0.297 e. The topological polar surface area (TPSA) is 66.5 Å². The van der Waals surface area contributed by atoms with Crippen molar-refractivity contribution in [3.05, 3.63) is 11.6 Å². The molecule has 106 valence electrons. The van der Waals surface area contributed by atoms with Gasteiger partial charge in [0.05, 0.1) is 6.07 Å². The van der Waals surface area contributed by atoms with Crippen molar-refractivity contribution in [1.29, 1.82) is 5.26 Å². The first-order chi connectivity index (χ1) is 8.94. The first-order valence-electron chi connectivity index (χ1n) is 7.05. The molecule has 0 aliphatic heterocycles. The van der Waals surface area contributed by atoms with E-state index in [0.717, 1.165) is 37.5 Å². The summed E-state index contributed by atoms with van der Waals surface area (Å²) in [7, 11) is 0. The number of hydrogen-bond donors (Lipinski definition) is 1. The second kappa shape index (κ2) is 6.67. The average molecular weight is 263 g/mol. The van der Waals surface area contributed by atoms with Crippen molar-refractivity contribution in [3.8, 4) is 6.07 Å². The Morgan fingerprint density at radius 1 is 1.37 bits per heavy atom. The van der Waals surface area contributed by atoms with Crippen molar-refractivity contribution in [1.82, 2.24) is 20.1 Å². The lowest BCUT2D eigenvalue weighted by atomic mass is 9.99. The molecule has 1 rings (SSSR count). The second-order valence-electron chi connectivity index (χ2n) is 5.37. The third kappa shape index (κ3) is 4.32. The van der Waals surface area contributed by atoms with Crippen molar-refractivity contribution in [2.45, 2.75) is 72.0 Å². The van der Waals surface area contributed by atoms with E-state index in [9.17, 15) is 5.26 Å². The third-order valence-corrected chi connectivity index (χ3v) is 3.10. The zero-order valence-corrected chi connectivity index (χ0v) is 12.7. The van der Waals surface area contributed by atoms with E-state index in [1.807, 2.05) is 11.6 Å². The molecule has 1 aromatic rings. The molecule has 19 heavy (non-hydrogen) atoms. The van der Waals surface area contributed by atoms with E-state index in [0.29, 0.717) is 0 Å². The molecule has 1 atom stereocenters. The molecular weight excluding hydrogens is 238 g/mol. The zero-order chi connectivity index (χ0) is 14.5. The lowest BCUT2D eigenvalue weighted by Crippen LogP contribution is -2.45. The Bertz CT molecular complexity index is 443. The van der Waals surface area contributed by atoms with Gasteiger partial charge in [0.15, 0.2) is 5.82 Å². The Hall–Kier alpha value is -1.41. The van der Waals surface area contributed by atoms with Crippen LogP contribution in [0.15, 0.2) is 0 Å². The Labute approximate surface area is 116 Å². The van der Waals surface area contributed by atoms with Crippen molar-refractivity contribution in [2.75, 3.05) is 0 Å². The fourth-order valence-electron chi connectivity index (χ4n) is 2.14. The molecule has 5 nitrogen and oxygen atoms in total. The van der Waals surface area contributed by atoms with Gasteiger partial charge in [-0.2, -0.15) is 10.4 Å². The van der Waals surface area contributed by atoms with Crippen molar-refractivity contribution in [3.63, 3.8) is 0 Å². The van der Waals surface area contributed by atoms with Gasteiger partial charge in [-0.05, 0) is 27.2 Å². The number of aromatic nitrogens is 3. The minimum atomic E-state index is -0.516. The van der Waals surface area contributed by atoms with Gasteiger partial charge in [0.1, 0.15) is 11.4 Å². The Kier molecular flexibility index (Phi) is 5.49. The predicted octanol–water partition coefficient (Wildman–Crippen LogP) is 2.07. The van der Waals surface area contributed by atoms with Crippen LogP contribution in [0.4, 0.5) is 0 Å². The van der Waals surface area contributed by atoms with Crippen LogP contribution in [0.25, 0.3) is 0 Å². The van der Waals surface area contributed by atoms with Crippen molar-refractivity contribution < 1.29 is 0 Å². The number of aryl methyl sites for hydroxylation is 3. The molecular formula is C14H25N5. The van der Waals surface area contributed by atoms with Gasteiger partial charge in [0.25, 0.3) is 0 Å². The highest BCUT2D eigenvalue weighted by Crippen LogP contribution is 2.12. The van der Waals surface area contributed by atoms with Gasteiger partial charge in [-0.1, -0.05) is 13.8 Å². The van der Waals surface area contributed by atoms with E-state index in [4.69, 9.17) is 0 Å². The van der Waals surface area contributed by atoms with E-state index >= 15 is 0 Å². The second-order valence-corrected chi connectivity index (χ2v) is 5.37. The molecule has 0 aliphatic carbocycles. The third-order valence-electron chi connectivity index (χ3n) is 3.10. The zero-order valence-electron chi connectivity index (χ0n) is 12.7. The molecule has 0 saturated carbocycles. The van der Waals surface area contributed by atoms with E-state index in [1.165, 1.54) is 0 Å². The van der Waals surface area contributed by atoms with E-state index in [2.05, 4.69) is 49.2 Å². The Morgan fingerprint density at radius 2 is 2.05 bits per heavy atom. The molecule has 0 radical (unpaired) electrons. The molecule has 0 spiro atoms. The number of nitrogens with zero attached hydrogens (tertiary/aromatic N) is 4. The maximum absolute atomic E-state index is 9.33. The van der Waals surface area contributed by atoms with Crippen LogP contribution in [0.5, 0.6) is 0 Å². The molecule has 1 heterocycles. The smallest absolute Gasteiger partial charge is 0.150 e. The summed E-state index contributed by atoms with van der Waals surface area (Å²) in [6.45, 7) is 10.9. The Morgan fingerprint density at radius 3 is 2.53 bits per heavy atom. The van der Waals surface area contributed by atoms with Gasteiger partial charge < -0.3 is 0 Å². The van der Waals surface area contributed by atoms with Crippen molar-refractivity contribution in [2.24, 2.45) is 0 Å². The highest BCUT2D eigenvalue weighted by Gasteiger charge is 2.24. The maximum atomic E-state index is 9.33. The molecule has 0 aromatic carbocycles. The number of nitriles is 1. The first kappa shape index (κ1) is 15.6. The van der Waals surface area contributed by atoms with Crippen LogP contribution in [-0.2, 0) is 19.4 Å². The first-order valence-corrected chi connectivity index (χ1v) is 7.05. The molecule has 5 heteroatoms. The summed E-state index contributed by atoms with van der Waals surface area (Å²) in [6.07, 6.45) is 2.44. The number of nitrogens with one attached hydrogen (secondary N) is 1. The molecule has 1 aromatic heterocycles. The summed E-state index contributed by atoms with van der Waals surface area (Å²) in [5, 5.41) is 17.1. The fraction of sp³-hybridized carbons (Fsp3) is 0.786. The average Bonchev–Trinajstić information content (AvgIpc) is 2.78. The van der Waals surface area contributed by atoms with Gasteiger partial charge in [0, 0.05) is 25.4 Å². The van der Waals surface area contributed by atoms with Gasteiger partial charge in [-0.3, -0.25) is 5.32 Å². The summed E-state index contributed by atoms with van der Waals surface area (Å²) in [5.41, 5.74) is -0.516. The molecule has 0 fully saturated rings. The van der Waals surface area contributed by atoms with Crippen LogP contribution in [0.3, 0.4) is 0 Å². The van der Waals surface area contributed by atoms with Gasteiger partial charge in [-0.15, -0.1) is 0 Å². The number of hydrogen-bond acceptors (Lipinski definition) is 4. The highest BCUT2D eigenvalue weighted by atomic mass is 15.3. The van der Waals surface area contributed by atoms with Crippen LogP contribution in [0, 0.1) is 11.3 Å². The lowest BCUT2D eigenvalue weighted by Gasteiger charge is -2.25. The quantitative estimate of drug-likeness (QED) is 0.818. The van der Waals surface area contributed by atoms with Crippen molar-refractivity contribution >= 4 is 0 Å². The minimum absolute atomic E-state index is 0.289. The summed E-state index contributed by atoms with van der Waals surface area (Å²) in [6, 6.07) is 2.65. The van der Waals surface area contributed by atoms with Crippen LogP contribution in [0.1, 0.15) is 52.7 Å². The summed E-state index contributed by atoms with van der Waals surface area (Å²) >= 11 is 0. The van der Waals surface area contributed by atoms with E-state index in [-0.39, 0.29) is 6.04 Å². The molecule has 0 aliphatic rings. The Balaban J connectivity index is 2.74. The normalized spacial score (nSPS) is 14.4. The minimum Gasteiger partial charge on any atom is -0.297 e. The van der Waals surface area contributed by atoms with E-state index < -0.39 is 5.54 Å².